The molecule has 0 spiro atoms. The van der Waals surface area contributed by atoms with E-state index in [1.807, 2.05) is 11.3 Å². The summed E-state index contributed by atoms with van der Waals surface area (Å²) in [7, 11) is 2.12. The van der Waals surface area contributed by atoms with Crippen molar-refractivity contribution in [1.29, 1.82) is 0 Å². The summed E-state index contributed by atoms with van der Waals surface area (Å²) < 4.78 is 0. The molecular weight excluding hydrogens is 274 g/mol. The first-order chi connectivity index (χ1) is 9.20. The molecule has 1 unspecified atom stereocenters. The molecule has 104 valence electrons. The van der Waals surface area contributed by atoms with Crippen molar-refractivity contribution in [1.82, 2.24) is 10.3 Å². The Balaban J connectivity index is 1.90. The molecule has 2 aromatic heterocycles. The van der Waals surface area contributed by atoms with Gasteiger partial charge in [-0.2, -0.15) is 0 Å². The van der Waals surface area contributed by atoms with Crippen molar-refractivity contribution in [2.45, 2.75) is 26.3 Å². The Bertz CT molecular complexity index is 479. The van der Waals surface area contributed by atoms with Crippen LogP contribution < -0.4 is 10.2 Å². The van der Waals surface area contributed by atoms with Crippen LogP contribution in [0.5, 0.6) is 0 Å². The molecule has 2 aromatic rings. The van der Waals surface area contributed by atoms with Gasteiger partial charge in [-0.3, -0.25) is 0 Å². The van der Waals surface area contributed by atoms with Crippen LogP contribution in [0.3, 0.4) is 0 Å². The number of likely N-dealkylation sites (N-methyl/N-ethyl adjacent to an activating group) is 1. The highest BCUT2D eigenvalue weighted by Crippen LogP contribution is 2.23. The summed E-state index contributed by atoms with van der Waals surface area (Å²) in [5, 5.41) is 8.79. The van der Waals surface area contributed by atoms with Gasteiger partial charge >= 0.3 is 0 Å². The average Bonchev–Trinajstić information content (AvgIpc) is 3.07. The van der Waals surface area contributed by atoms with E-state index < -0.39 is 0 Å². The standard InChI is InChI=1S/C14H21N3S2/c1-4-15-11(2)13-10-19-14(16-13)17(3)8-7-12-6-5-9-18-12/h5-6,9-11,15H,4,7-8H2,1-3H3. The molecule has 0 saturated carbocycles. The molecule has 1 N–H and O–H groups in total. The second-order valence-electron chi connectivity index (χ2n) is 4.59. The monoisotopic (exact) mass is 295 g/mol. The molecule has 0 amide bonds. The Hall–Kier alpha value is -0.910. The quantitative estimate of drug-likeness (QED) is 0.846. The number of thiophene rings is 1. The lowest BCUT2D eigenvalue weighted by Crippen LogP contribution is -2.21. The maximum atomic E-state index is 4.71. The summed E-state index contributed by atoms with van der Waals surface area (Å²) in [6, 6.07) is 4.64. The molecule has 2 rings (SSSR count). The third kappa shape index (κ3) is 4.03. The topological polar surface area (TPSA) is 28.2 Å². The van der Waals surface area contributed by atoms with Gasteiger partial charge in [0.15, 0.2) is 5.13 Å². The van der Waals surface area contributed by atoms with Crippen LogP contribution >= 0.6 is 22.7 Å². The van der Waals surface area contributed by atoms with Crippen LogP contribution in [0.4, 0.5) is 5.13 Å². The predicted octanol–water partition coefficient (Wildman–Crippen LogP) is 3.55. The molecule has 1 atom stereocenters. The largest absolute Gasteiger partial charge is 0.351 e. The third-order valence-corrected chi connectivity index (χ3v) is 4.97. The van der Waals surface area contributed by atoms with Crippen LogP contribution in [0.15, 0.2) is 22.9 Å². The lowest BCUT2D eigenvalue weighted by atomic mass is 10.2. The number of nitrogens with zero attached hydrogens (tertiary/aromatic N) is 2. The summed E-state index contributed by atoms with van der Waals surface area (Å²) >= 11 is 3.55. The molecule has 3 nitrogen and oxygen atoms in total. The van der Waals surface area contributed by atoms with Gasteiger partial charge < -0.3 is 10.2 Å². The Morgan fingerprint density at radius 1 is 1.42 bits per heavy atom. The predicted molar refractivity (Wildman–Crippen MR) is 85.5 cm³/mol. The second-order valence-corrected chi connectivity index (χ2v) is 6.45. The molecule has 0 aliphatic rings. The van der Waals surface area contributed by atoms with E-state index >= 15 is 0 Å². The Labute approximate surface area is 123 Å². The molecule has 5 heteroatoms. The highest BCUT2D eigenvalue weighted by molar-refractivity contribution is 7.13. The first-order valence-corrected chi connectivity index (χ1v) is 8.39. The zero-order valence-electron chi connectivity index (χ0n) is 11.7. The van der Waals surface area contributed by atoms with Gasteiger partial charge in [-0.05, 0) is 31.3 Å². The molecule has 0 aliphatic carbocycles. The lowest BCUT2D eigenvalue weighted by Gasteiger charge is -2.15. The van der Waals surface area contributed by atoms with Gasteiger partial charge in [-0.1, -0.05) is 13.0 Å². The summed E-state index contributed by atoms with van der Waals surface area (Å²) in [4.78, 5) is 8.39. The van der Waals surface area contributed by atoms with E-state index in [9.17, 15) is 0 Å². The molecule has 0 bridgehead atoms. The van der Waals surface area contributed by atoms with E-state index in [0.29, 0.717) is 6.04 Å². The molecule has 0 saturated heterocycles. The molecule has 0 aliphatic heterocycles. The van der Waals surface area contributed by atoms with Crippen molar-refractivity contribution in [3.8, 4) is 0 Å². The maximum absolute atomic E-state index is 4.71. The normalized spacial score (nSPS) is 12.6. The van der Waals surface area contributed by atoms with Crippen LogP contribution in [0, 0.1) is 0 Å². The number of aromatic nitrogens is 1. The van der Waals surface area contributed by atoms with Gasteiger partial charge in [-0.15, -0.1) is 22.7 Å². The molecular formula is C14H21N3S2. The van der Waals surface area contributed by atoms with Gasteiger partial charge in [0.1, 0.15) is 0 Å². The summed E-state index contributed by atoms with van der Waals surface area (Å²) in [6.45, 7) is 6.27. The number of hydrogen-bond acceptors (Lipinski definition) is 5. The van der Waals surface area contributed by atoms with Crippen molar-refractivity contribution < 1.29 is 0 Å². The van der Waals surface area contributed by atoms with Crippen molar-refractivity contribution >= 4 is 27.8 Å². The molecule has 0 aromatic carbocycles. The molecule has 0 radical (unpaired) electrons. The van der Waals surface area contributed by atoms with E-state index in [4.69, 9.17) is 4.98 Å². The van der Waals surface area contributed by atoms with Crippen LogP contribution in [-0.2, 0) is 6.42 Å². The third-order valence-electron chi connectivity index (χ3n) is 3.06. The fourth-order valence-corrected chi connectivity index (χ4v) is 3.50. The second kappa shape index (κ2) is 7.03. The fourth-order valence-electron chi connectivity index (χ4n) is 1.89. The first kappa shape index (κ1) is 14.5. The number of thiazole rings is 1. The summed E-state index contributed by atoms with van der Waals surface area (Å²) in [5.74, 6) is 0. The zero-order valence-corrected chi connectivity index (χ0v) is 13.4. The van der Waals surface area contributed by atoms with Crippen LogP contribution in [-0.4, -0.2) is 25.1 Å². The van der Waals surface area contributed by atoms with Crippen molar-refractivity contribution in [3.63, 3.8) is 0 Å². The van der Waals surface area contributed by atoms with Gasteiger partial charge in [0.2, 0.25) is 0 Å². The van der Waals surface area contributed by atoms with Gasteiger partial charge in [0.05, 0.1) is 5.69 Å². The fraction of sp³-hybridized carbons (Fsp3) is 0.500. The minimum Gasteiger partial charge on any atom is -0.351 e. The SMILES string of the molecule is CCNC(C)c1csc(N(C)CCc2cccs2)n1. The molecule has 19 heavy (non-hydrogen) atoms. The van der Waals surface area contributed by atoms with Crippen LogP contribution in [0.25, 0.3) is 0 Å². The van der Waals surface area contributed by atoms with Gasteiger partial charge in [-0.25, -0.2) is 4.98 Å². The minimum absolute atomic E-state index is 0.334. The Morgan fingerprint density at radius 3 is 2.95 bits per heavy atom. The van der Waals surface area contributed by atoms with E-state index in [0.717, 1.165) is 30.3 Å². The number of rotatable bonds is 7. The Kier molecular flexibility index (Phi) is 5.36. The van der Waals surface area contributed by atoms with E-state index in [1.54, 1.807) is 11.3 Å². The Morgan fingerprint density at radius 2 is 2.26 bits per heavy atom. The zero-order chi connectivity index (χ0) is 13.7. The van der Waals surface area contributed by atoms with E-state index in [-0.39, 0.29) is 0 Å². The number of nitrogens with one attached hydrogen (secondary N) is 1. The smallest absolute Gasteiger partial charge is 0.185 e. The van der Waals surface area contributed by atoms with Gasteiger partial charge in [0, 0.05) is 29.9 Å². The van der Waals surface area contributed by atoms with Crippen molar-refractivity contribution in [3.05, 3.63) is 33.5 Å². The van der Waals surface area contributed by atoms with Crippen molar-refractivity contribution in [2.75, 3.05) is 25.0 Å². The maximum Gasteiger partial charge on any atom is 0.185 e. The molecule has 2 heterocycles. The van der Waals surface area contributed by atoms with Crippen LogP contribution in [0.2, 0.25) is 0 Å². The minimum atomic E-state index is 0.334. The average molecular weight is 295 g/mol. The summed E-state index contributed by atoms with van der Waals surface area (Å²) in [5.41, 5.74) is 1.14. The number of hydrogen-bond donors (Lipinski definition) is 1. The van der Waals surface area contributed by atoms with Gasteiger partial charge in [0.25, 0.3) is 0 Å². The van der Waals surface area contributed by atoms with E-state index in [2.05, 4.69) is 54.0 Å². The summed E-state index contributed by atoms with van der Waals surface area (Å²) in [6.07, 6.45) is 1.09. The first-order valence-electron chi connectivity index (χ1n) is 6.63. The highest BCUT2D eigenvalue weighted by atomic mass is 32.1. The lowest BCUT2D eigenvalue weighted by molar-refractivity contribution is 0.586. The van der Waals surface area contributed by atoms with Crippen molar-refractivity contribution in [2.24, 2.45) is 0 Å². The number of anilines is 1. The van der Waals surface area contributed by atoms with Crippen LogP contribution in [0.1, 0.15) is 30.5 Å². The highest BCUT2D eigenvalue weighted by Gasteiger charge is 2.11. The van der Waals surface area contributed by atoms with E-state index in [1.165, 1.54) is 4.88 Å². The molecule has 0 fully saturated rings.